The van der Waals surface area contributed by atoms with Crippen molar-refractivity contribution in [3.8, 4) is 5.75 Å². The zero-order valence-electron chi connectivity index (χ0n) is 10.6. The van der Waals surface area contributed by atoms with Gasteiger partial charge in [0.1, 0.15) is 10.6 Å². The van der Waals surface area contributed by atoms with Gasteiger partial charge < -0.3 is 9.47 Å². The van der Waals surface area contributed by atoms with Crippen LogP contribution >= 0.6 is 23.2 Å². The molecule has 8 heteroatoms. The Hall–Kier alpha value is -0.530. The second-order valence-corrected chi connectivity index (χ2v) is 6.09. The molecule has 0 bridgehead atoms. The summed E-state index contributed by atoms with van der Waals surface area (Å²) in [6.45, 7) is 2.62. The van der Waals surface area contributed by atoms with Crippen molar-refractivity contribution in [1.29, 1.82) is 0 Å². The van der Waals surface area contributed by atoms with Gasteiger partial charge in [0.15, 0.2) is 0 Å². The van der Waals surface area contributed by atoms with E-state index in [0.717, 1.165) is 0 Å². The van der Waals surface area contributed by atoms with Crippen molar-refractivity contribution in [3.63, 3.8) is 0 Å². The number of hydrogen-bond acceptors (Lipinski definition) is 4. The van der Waals surface area contributed by atoms with Crippen LogP contribution in [0.4, 0.5) is 0 Å². The molecule has 19 heavy (non-hydrogen) atoms. The Balaban J connectivity index is 3.03. The molecule has 0 spiro atoms. The van der Waals surface area contributed by atoms with Crippen LogP contribution in [0.3, 0.4) is 0 Å². The maximum Gasteiger partial charge on any atom is 0.242 e. The Bertz CT molecular complexity index is 534. The molecule has 0 aliphatic rings. The molecule has 1 rings (SSSR count). The number of benzene rings is 1. The predicted octanol–water partition coefficient (Wildman–Crippen LogP) is 2.32. The van der Waals surface area contributed by atoms with Crippen molar-refractivity contribution in [2.75, 3.05) is 26.9 Å². The molecule has 1 N–H and O–H groups in total. The predicted molar refractivity (Wildman–Crippen MR) is 74.7 cm³/mol. The van der Waals surface area contributed by atoms with E-state index in [1.165, 1.54) is 19.2 Å². The third-order valence-electron chi connectivity index (χ3n) is 2.17. The Morgan fingerprint density at radius 1 is 1.26 bits per heavy atom. The third-order valence-corrected chi connectivity index (χ3v) is 4.40. The highest BCUT2D eigenvalue weighted by molar-refractivity contribution is 7.89. The number of sulfonamides is 1. The van der Waals surface area contributed by atoms with Crippen LogP contribution in [0.2, 0.25) is 10.0 Å². The molecule has 0 saturated heterocycles. The number of methoxy groups -OCH3 is 1. The Labute approximate surface area is 122 Å². The first kappa shape index (κ1) is 16.5. The molecular formula is C11H15Cl2NO4S. The molecule has 0 aliphatic carbocycles. The van der Waals surface area contributed by atoms with E-state index < -0.39 is 10.0 Å². The molecule has 0 aliphatic heterocycles. The van der Waals surface area contributed by atoms with Crippen molar-refractivity contribution < 1.29 is 17.9 Å². The first-order valence-corrected chi connectivity index (χ1v) is 7.76. The van der Waals surface area contributed by atoms with Crippen LogP contribution in [0.15, 0.2) is 17.0 Å². The fourth-order valence-electron chi connectivity index (χ4n) is 1.34. The molecule has 0 amide bonds. The number of rotatable bonds is 7. The van der Waals surface area contributed by atoms with Gasteiger partial charge in [-0.3, -0.25) is 0 Å². The van der Waals surface area contributed by atoms with Crippen LogP contribution in [0.25, 0.3) is 0 Å². The number of nitrogens with one attached hydrogen (secondary N) is 1. The molecule has 0 fully saturated rings. The molecule has 0 unspecified atom stereocenters. The summed E-state index contributed by atoms with van der Waals surface area (Å²) in [5, 5.41) is 0.246. The summed E-state index contributed by atoms with van der Waals surface area (Å²) >= 11 is 11.9. The van der Waals surface area contributed by atoms with Gasteiger partial charge in [-0.05, 0) is 13.0 Å². The molecule has 0 saturated carbocycles. The zero-order valence-corrected chi connectivity index (χ0v) is 12.9. The third kappa shape index (κ3) is 4.50. The van der Waals surface area contributed by atoms with E-state index in [4.69, 9.17) is 32.7 Å². The lowest BCUT2D eigenvalue weighted by atomic mass is 10.3. The van der Waals surface area contributed by atoms with Gasteiger partial charge in [-0.25, -0.2) is 13.1 Å². The van der Waals surface area contributed by atoms with Crippen molar-refractivity contribution >= 4 is 33.2 Å². The number of hydrogen-bond donors (Lipinski definition) is 1. The van der Waals surface area contributed by atoms with Crippen LogP contribution in [0, 0.1) is 0 Å². The molecule has 0 atom stereocenters. The molecule has 1 aromatic carbocycles. The molecule has 1 aromatic rings. The summed E-state index contributed by atoms with van der Waals surface area (Å²) in [7, 11) is -2.24. The van der Waals surface area contributed by atoms with E-state index in [1.54, 1.807) is 6.92 Å². The van der Waals surface area contributed by atoms with E-state index in [0.29, 0.717) is 12.4 Å². The zero-order chi connectivity index (χ0) is 14.5. The molecule has 0 heterocycles. The molecule has 5 nitrogen and oxygen atoms in total. The van der Waals surface area contributed by atoms with Crippen LogP contribution in [0.5, 0.6) is 5.75 Å². The number of ether oxygens (including phenoxy) is 2. The molecule has 0 radical (unpaired) electrons. The highest BCUT2D eigenvalue weighted by Crippen LogP contribution is 2.33. The lowest BCUT2D eigenvalue weighted by Gasteiger charge is -2.11. The van der Waals surface area contributed by atoms with Gasteiger partial charge >= 0.3 is 0 Å². The van der Waals surface area contributed by atoms with Gasteiger partial charge in [0, 0.05) is 19.7 Å². The van der Waals surface area contributed by atoms with E-state index in [9.17, 15) is 8.42 Å². The Morgan fingerprint density at radius 2 is 1.95 bits per heavy atom. The van der Waals surface area contributed by atoms with Crippen LogP contribution in [-0.2, 0) is 14.8 Å². The van der Waals surface area contributed by atoms with E-state index in [-0.39, 0.29) is 28.1 Å². The van der Waals surface area contributed by atoms with Crippen molar-refractivity contribution in [2.24, 2.45) is 0 Å². The van der Waals surface area contributed by atoms with Crippen LogP contribution < -0.4 is 9.46 Å². The smallest absolute Gasteiger partial charge is 0.242 e. The standard InChI is InChI=1S/C11H15Cl2NO4S/c1-3-18-10-6-9(13)11(7-8(10)12)19(15,16)14-4-5-17-2/h6-7,14H,3-5H2,1-2H3. The van der Waals surface area contributed by atoms with E-state index in [2.05, 4.69) is 4.72 Å². The Morgan fingerprint density at radius 3 is 2.53 bits per heavy atom. The quantitative estimate of drug-likeness (QED) is 0.780. The molecule has 0 aromatic heterocycles. The maximum atomic E-state index is 12.0. The normalized spacial score (nSPS) is 11.6. The fraction of sp³-hybridized carbons (Fsp3) is 0.455. The van der Waals surface area contributed by atoms with Gasteiger partial charge in [-0.2, -0.15) is 0 Å². The van der Waals surface area contributed by atoms with Crippen molar-refractivity contribution in [2.45, 2.75) is 11.8 Å². The minimum absolute atomic E-state index is 0.0535. The van der Waals surface area contributed by atoms with E-state index in [1.807, 2.05) is 0 Å². The minimum Gasteiger partial charge on any atom is -0.492 e. The van der Waals surface area contributed by atoms with Gasteiger partial charge in [0.05, 0.1) is 23.3 Å². The summed E-state index contributed by atoms with van der Waals surface area (Å²) in [6.07, 6.45) is 0. The Kier molecular flexibility index (Phi) is 6.35. The van der Waals surface area contributed by atoms with Gasteiger partial charge in [0.2, 0.25) is 10.0 Å². The minimum atomic E-state index is -3.72. The van der Waals surface area contributed by atoms with Crippen LogP contribution in [0.1, 0.15) is 6.92 Å². The summed E-state index contributed by atoms with van der Waals surface area (Å²) in [5.41, 5.74) is 0. The van der Waals surface area contributed by atoms with E-state index >= 15 is 0 Å². The molecular weight excluding hydrogens is 313 g/mol. The van der Waals surface area contributed by atoms with Crippen LogP contribution in [-0.4, -0.2) is 35.3 Å². The average molecular weight is 328 g/mol. The lowest BCUT2D eigenvalue weighted by Crippen LogP contribution is -2.27. The fourth-order valence-corrected chi connectivity index (χ4v) is 3.18. The second kappa shape index (κ2) is 7.31. The first-order chi connectivity index (χ1) is 8.92. The summed E-state index contributed by atoms with van der Waals surface area (Å²) < 4.78 is 36.4. The van der Waals surface area contributed by atoms with Gasteiger partial charge in [0.25, 0.3) is 0 Å². The summed E-state index contributed by atoms with van der Waals surface area (Å²) in [4.78, 5) is -0.0845. The highest BCUT2D eigenvalue weighted by atomic mass is 35.5. The van der Waals surface area contributed by atoms with Gasteiger partial charge in [-0.15, -0.1) is 0 Å². The van der Waals surface area contributed by atoms with Crippen molar-refractivity contribution in [1.82, 2.24) is 4.72 Å². The topological polar surface area (TPSA) is 64.6 Å². The summed E-state index contributed by atoms with van der Waals surface area (Å²) in [5.74, 6) is 0.352. The largest absolute Gasteiger partial charge is 0.492 e. The average Bonchev–Trinajstić information content (AvgIpc) is 2.33. The molecule has 108 valence electrons. The summed E-state index contributed by atoms with van der Waals surface area (Å²) in [6, 6.07) is 2.66. The first-order valence-electron chi connectivity index (χ1n) is 5.52. The highest BCUT2D eigenvalue weighted by Gasteiger charge is 2.20. The van der Waals surface area contributed by atoms with Gasteiger partial charge in [-0.1, -0.05) is 23.2 Å². The lowest BCUT2D eigenvalue weighted by molar-refractivity contribution is 0.204. The SMILES string of the molecule is CCOc1cc(Cl)c(S(=O)(=O)NCCOC)cc1Cl. The second-order valence-electron chi connectivity index (χ2n) is 3.54. The maximum absolute atomic E-state index is 12.0. The number of halogens is 2. The van der Waals surface area contributed by atoms with Crippen molar-refractivity contribution in [3.05, 3.63) is 22.2 Å². The monoisotopic (exact) mass is 327 g/mol.